The minimum absolute atomic E-state index is 0.390. The Bertz CT molecular complexity index is 763. The minimum atomic E-state index is 0.390. The molecule has 1 aromatic carbocycles. The van der Waals surface area contributed by atoms with E-state index in [1.54, 1.807) is 25.6 Å². The van der Waals surface area contributed by atoms with Crippen LogP contribution in [0.3, 0.4) is 0 Å². The summed E-state index contributed by atoms with van der Waals surface area (Å²) in [5, 5.41) is 0.390. The summed E-state index contributed by atoms with van der Waals surface area (Å²) >= 11 is 6.02. The summed E-state index contributed by atoms with van der Waals surface area (Å²) < 4.78 is 5.07. The van der Waals surface area contributed by atoms with Gasteiger partial charge in [-0.2, -0.15) is 0 Å². The molecule has 6 heteroatoms. The van der Waals surface area contributed by atoms with E-state index in [2.05, 4.69) is 19.9 Å². The number of hydrogen-bond donors (Lipinski definition) is 0. The number of halogens is 1. The molecule has 0 atom stereocenters. The van der Waals surface area contributed by atoms with Crippen LogP contribution in [0, 0.1) is 0 Å². The number of hydrogen-bond acceptors (Lipinski definition) is 5. The molecule has 0 fully saturated rings. The highest BCUT2D eigenvalue weighted by molar-refractivity contribution is 6.29. The third kappa shape index (κ3) is 2.59. The summed E-state index contributed by atoms with van der Waals surface area (Å²) in [6.45, 7) is 0.391. The second kappa shape index (κ2) is 5.48. The highest BCUT2D eigenvalue weighted by atomic mass is 35.5. The molecule has 20 heavy (non-hydrogen) atoms. The fourth-order valence-corrected chi connectivity index (χ4v) is 2.12. The Morgan fingerprint density at radius 2 is 1.85 bits per heavy atom. The number of fused-ring (bicyclic) bond motifs is 1. The fraction of sp³-hybridized carbons (Fsp3) is 0.143. The van der Waals surface area contributed by atoms with Crippen molar-refractivity contribution >= 4 is 22.6 Å². The van der Waals surface area contributed by atoms with E-state index < -0.39 is 0 Å². The molecule has 0 spiro atoms. The van der Waals surface area contributed by atoms with Crippen LogP contribution in [0.1, 0.15) is 5.69 Å². The van der Waals surface area contributed by atoms with Crippen LogP contribution in [0.5, 0.6) is 0 Å². The van der Waals surface area contributed by atoms with Gasteiger partial charge in [-0.25, -0.2) is 9.97 Å². The molecule has 0 N–H and O–H groups in total. The van der Waals surface area contributed by atoms with Crippen LogP contribution in [0.2, 0.25) is 5.15 Å². The van der Waals surface area contributed by atoms with Gasteiger partial charge in [0, 0.05) is 25.1 Å². The van der Waals surface area contributed by atoms with E-state index in [9.17, 15) is 0 Å². The quantitative estimate of drug-likeness (QED) is 0.693. The van der Waals surface area contributed by atoms with Crippen LogP contribution in [0.25, 0.3) is 22.4 Å². The van der Waals surface area contributed by atoms with Gasteiger partial charge in [-0.05, 0) is 24.3 Å². The summed E-state index contributed by atoms with van der Waals surface area (Å²) in [5.41, 5.74) is 3.21. The molecule has 3 aromatic rings. The van der Waals surface area contributed by atoms with E-state index in [0.29, 0.717) is 17.6 Å². The number of methoxy groups -OCH3 is 1. The normalized spacial score (nSPS) is 10.9. The van der Waals surface area contributed by atoms with Gasteiger partial charge in [0.1, 0.15) is 5.15 Å². The Hall–Kier alpha value is -2.11. The van der Waals surface area contributed by atoms with Crippen molar-refractivity contribution in [1.29, 1.82) is 0 Å². The molecule has 0 aliphatic rings. The average molecular weight is 287 g/mol. The predicted octanol–water partition coefficient (Wildman–Crippen LogP) is 2.89. The van der Waals surface area contributed by atoms with Gasteiger partial charge in [-0.15, -0.1) is 0 Å². The zero-order chi connectivity index (χ0) is 13.9. The van der Waals surface area contributed by atoms with Gasteiger partial charge in [0.2, 0.25) is 0 Å². The average Bonchev–Trinajstić information content (AvgIpc) is 2.46. The third-order valence-electron chi connectivity index (χ3n) is 2.77. The largest absolute Gasteiger partial charge is 0.378 e. The van der Waals surface area contributed by atoms with E-state index in [0.717, 1.165) is 22.3 Å². The molecule has 2 heterocycles. The van der Waals surface area contributed by atoms with Crippen LogP contribution in [-0.2, 0) is 11.3 Å². The molecule has 0 saturated heterocycles. The van der Waals surface area contributed by atoms with Gasteiger partial charge in [0.15, 0.2) is 5.82 Å². The molecule has 3 rings (SSSR count). The zero-order valence-corrected chi connectivity index (χ0v) is 11.5. The topological polar surface area (TPSA) is 60.8 Å². The molecule has 2 aromatic heterocycles. The van der Waals surface area contributed by atoms with Crippen LogP contribution < -0.4 is 0 Å². The van der Waals surface area contributed by atoms with Crippen molar-refractivity contribution in [2.75, 3.05) is 7.11 Å². The van der Waals surface area contributed by atoms with E-state index in [1.165, 1.54) is 0 Å². The maximum atomic E-state index is 6.02. The first-order valence-corrected chi connectivity index (χ1v) is 6.37. The lowest BCUT2D eigenvalue weighted by molar-refractivity contribution is 0.181. The SMILES string of the molecule is COCc1cc(Cl)nc(-c2ccc3nccnc3c2)n1. The van der Waals surface area contributed by atoms with Crippen molar-refractivity contribution in [3.63, 3.8) is 0 Å². The van der Waals surface area contributed by atoms with Crippen molar-refractivity contribution in [1.82, 2.24) is 19.9 Å². The number of rotatable bonds is 3. The highest BCUT2D eigenvalue weighted by Gasteiger charge is 2.07. The number of nitrogens with zero attached hydrogens (tertiary/aromatic N) is 4. The molecule has 0 amide bonds. The van der Waals surface area contributed by atoms with E-state index in [4.69, 9.17) is 16.3 Å². The summed E-state index contributed by atoms with van der Waals surface area (Å²) in [4.78, 5) is 17.2. The van der Waals surface area contributed by atoms with Gasteiger partial charge in [0.05, 0.1) is 23.3 Å². The number of benzene rings is 1. The lowest BCUT2D eigenvalue weighted by atomic mass is 10.2. The molecular formula is C14H11ClN4O. The summed E-state index contributed by atoms with van der Waals surface area (Å²) in [5.74, 6) is 0.553. The molecular weight excluding hydrogens is 276 g/mol. The van der Waals surface area contributed by atoms with Gasteiger partial charge in [-0.3, -0.25) is 9.97 Å². The van der Waals surface area contributed by atoms with Gasteiger partial charge < -0.3 is 4.74 Å². The van der Waals surface area contributed by atoms with Gasteiger partial charge in [-0.1, -0.05) is 11.6 Å². The molecule has 0 aliphatic carbocycles. The Morgan fingerprint density at radius 1 is 1.05 bits per heavy atom. The molecule has 100 valence electrons. The van der Waals surface area contributed by atoms with Crippen molar-refractivity contribution in [3.05, 3.63) is 47.5 Å². The Morgan fingerprint density at radius 3 is 2.65 bits per heavy atom. The van der Waals surface area contributed by atoms with E-state index in [-0.39, 0.29) is 0 Å². The van der Waals surface area contributed by atoms with E-state index in [1.807, 2.05) is 18.2 Å². The smallest absolute Gasteiger partial charge is 0.161 e. The van der Waals surface area contributed by atoms with Crippen molar-refractivity contribution in [3.8, 4) is 11.4 Å². The summed E-state index contributed by atoms with van der Waals surface area (Å²) in [7, 11) is 1.61. The molecule has 5 nitrogen and oxygen atoms in total. The first-order valence-electron chi connectivity index (χ1n) is 6.00. The molecule has 0 radical (unpaired) electrons. The summed E-state index contributed by atoms with van der Waals surface area (Å²) in [6.07, 6.45) is 3.32. The van der Waals surface area contributed by atoms with Crippen molar-refractivity contribution < 1.29 is 4.74 Å². The predicted molar refractivity (Wildman–Crippen MR) is 76.3 cm³/mol. The first-order chi connectivity index (χ1) is 9.76. The van der Waals surface area contributed by atoms with Gasteiger partial charge >= 0.3 is 0 Å². The maximum absolute atomic E-state index is 6.02. The Balaban J connectivity index is 2.10. The van der Waals surface area contributed by atoms with Crippen LogP contribution in [-0.4, -0.2) is 27.0 Å². The number of aromatic nitrogens is 4. The van der Waals surface area contributed by atoms with Crippen molar-refractivity contribution in [2.24, 2.45) is 0 Å². The monoisotopic (exact) mass is 286 g/mol. The van der Waals surface area contributed by atoms with Crippen LogP contribution in [0.4, 0.5) is 0 Å². The zero-order valence-electron chi connectivity index (χ0n) is 10.7. The van der Waals surface area contributed by atoms with Crippen molar-refractivity contribution in [2.45, 2.75) is 6.61 Å². The molecule has 0 bridgehead atoms. The standard InChI is InChI=1S/C14H11ClN4O/c1-20-8-10-7-13(15)19-14(18-10)9-2-3-11-12(6-9)17-5-4-16-11/h2-7H,8H2,1H3. The highest BCUT2D eigenvalue weighted by Crippen LogP contribution is 2.21. The number of ether oxygens (including phenoxy) is 1. The minimum Gasteiger partial charge on any atom is -0.378 e. The van der Waals surface area contributed by atoms with Crippen LogP contribution >= 0.6 is 11.6 Å². The van der Waals surface area contributed by atoms with Gasteiger partial charge in [0.25, 0.3) is 0 Å². The Kier molecular flexibility index (Phi) is 3.54. The lowest BCUT2D eigenvalue weighted by Gasteiger charge is -2.05. The molecule has 0 unspecified atom stereocenters. The van der Waals surface area contributed by atoms with E-state index >= 15 is 0 Å². The van der Waals surface area contributed by atoms with Crippen LogP contribution in [0.15, 0.2) is 36.7 Å². The third-order valence-corrected chi connectivity index (χ3v) is 2.96. The first kappa shape index (κ1) is 12.9. The fourth-order valence-electron chi connectivity index (χ4n) is 1.92. The lowest BCUT2D eigenvalue weighted by Crippen LogP contribution is -1.98. The second-order valence-corrected chi connectivity index (χ2v) is 4.59. The molecule has 0 aliphatic heterocycles. The Labute approximate surface area is 120 Å². The molecule has 0 saturated carbocycles. The summed E-state index contributed by atoms with van der Waals surface area (Å²) in [6, 6.07) is 7.37. The maximum Gasteiger partial charge on any atom is 0.161 e. The second-order valence-electron chi connectivity index (χ2n) is 4.20.